The Labute approximate surface area is 162 Å². The van der Waals surface area contributed by atoms with Crippen LogP contribution in [0.2, 0.25) is 0 Å². The lowest BCUT2D eigenvalue weighted by Crippen LogP contribution is -2.44. The molecule has 27 heavy (non-hydrogen) atoms. The van der Waals surface area contributed by atoms with Crippen LogP contribution in [0, 0.1) is 0 Å². The minimum Gasteiger partial charge on any atom is -0.481 e. The molecule has 1 fully saturated rings. The Morgan fingerprint density at radius 1 is 1.30 bits per heavy atom. The number of furan rings is 1. The summed E-state index contributed by atoms with van der Waals surface area (Å²) in [6, 6.07) is 9.67. The lowest BCUT2D eigenvalue weighted by molar-refractivity contribution is -0.139. The third-order valence-corrected chi connectivity index (χ3v) is 4.61. The Balaban J connectivity index is 1.78. The van der Waals surface area contributed by atoms with Gasteiger partial charge in [-0.2, -0.15) is 5.01 Å². The number of thiocarbonyl (C=S) groups is 1. The van der Waals surface area contributed by atoms with Gasteiger partial charge in [0.15, 0.2) is 16.7 Å². The second-order valence-electron chi connectivity index (χ2n) is 5.16. The van der Waals surface area contributed by atoms with Crippen molar-refractivity contribution in [1.82, 2.24) is 10.4 Å². The number of hydrogen-bond acceptors (Lipinski definition) is 7. The van der Waals surface area contributed by atoms with Crippen molar-refractivity contribution in [3.05, 3.63) is 58.9 Å². The van der Waals surface area contributed by atoms with Gasteiger partial charge >= 0.3 is 11.9 Å². The highest BCUT2D eigenvalue weighted by Crippen LogP contribution is 2.33. The summed E-state index contributed by atoms with van der Waals surface area (Å²) in [6.45, 7) is -0.509. The first-order valence-electron chi connectivity index (χ1n) is 7.52. The highest BCUT2D eigenvalue weighted by molar-refractivity contribution is 8.26. The average Bonchev–Trinajstić information content (AvgIpc) is 3.26. The van der Waals surface area contributed by atoms with Crippen LogP contribution in [-0.2, 0) is 9.59 Å². The zero-order valence-electron chi connectivity index (χ0n) is 13.6. The first-order chi connectivity index (χ1) is 13.0. The zero-order chi connectivity index (χ0) is 19.4. The molecule has 1 aliphatic heterocycles. The number of aliphatic carboxylic acids is 1. The maximum Gasteiger partial charge on any atom is 0.341 e. The minimum atomic E-state index is -1.11. The van der Waals surface area contributed by atoms with Gasteiger partial charge in [0.1, 0.15) is 5.75 Å². The van der Waals surface area contributed by atoms with E-state index in [1.807, 2.05) is 0 Å². The Bertz CT molecular complexity index is 939. The molecule has 0 bridgehead atoms. The van der Waals surface area contributed by atoms with Gasteiger partial charge in [-0.25, -0.2) is 4.79 Å². The SMILES string of the molecule is O=C(O)COc1ccccc1/C=C1\SC(=S)N(NC(=O)c2ccco2)C1=O. The number of rotatable bonds is 6. The number of hydrazine groups is 1. The number of para-hydroxylation sites is 1. The van der Waals surface area contributed by atoms with Gasteiger partial charge in [0, 0.05) is 5.56 Å². The quantitative estimate of drug-likeness (QED) is 0.558. The van der Waals surface area contributed by atoms with Gasteiger partial charge < -0.3 is 14.3 Å². The molecule has 138 valence electrons. The topological polar surface area (TPSA) is 109 Å². The summed E-state index contributed by atoms with van der Waals surface area (Å²) >= 11 is 6.15. The van der Waals surface area contributed by atoms with Crippen LogP contribution in [0.1, 0.15) is 16.1 Å². The number of benzene rings is 1. The van der Waals surface area contributed by atoms with Gasteiger partial charge in [0.2, 0.25) is 0 Å². The molecule has 0 unspecified atom stereocenters. The first kappa shape index (κ1) is 18.7. The highest BCUT2D eigenvalue weighted by atomic mass is 32.2. The van der Waals surface area contributed by atoms with Gasteiger partial charge in [-0.3, -0.25) is 15.0 Å². The maximum absolute atomic E-state index is 12.6. The molecule has 1 aromatic heterocycles. The molecule has 2 amide bonds. The van der Waals surface area contributed by atoms with Crippen molar-refractivity contribution in [2.45, 2.75) is 0 Å². The smallest absolute Gasteiger partial charge is 0.341 e. The minimum absolute atomic E-state index is 0.0421. The fourth-order valence-corrected chi connectivity index (χ4v) is 3.31. The van der Waals surface area contributed by atoms with Crippen molar-refractivity contribution in [3.63, 3.8) is 0 Å². The van der Waals surface area contributed by atoms with Crippen LogP contribution in [0.4, 0.5) is 0 Å². The van der Waals surface area contributed by atoms with Crippen molar-refractivity contribution in [1.29, 1.82) is 0 Å². The van der Waals surface area contributed by atoms with Crippen molar-refractivity contribution in [3.8, 4) is 5.75 Å². The third-order valence-electron chi connectivity index (χ3n) is 3.31. The second kappa shape index (κ2) is 8.06. The monoisotopic (exact) mass is 404 g/mol. The fourth-order valence-electron chi connectivity index (χ4n) is 2.14. The summed E-state index contributed by atoms with van der Waals surface area (Å²) in [6.07, 6.45) is 2.86. The number of carboxylic acid groups (broad SMARTS) is 1. The molecule has 1 saturated heterocycles. The fraction of sp³-hybridized carbons (Fsp3) is 0.0588. The molecule has 0 spiro atoms. The van der Waals surface area contributed by atoms with E-state index in [4.69, 9.17) is 26.5 Å². The average molecular weight is 404 g/mol. The molecule has 2 N–H and O–H groups in total. The van der Waals surface area contributed by atoms with Gasteiger partial charge in [0.25, 0.3) is 5.91 Å². The van der Waals surface area contributed by atoms with Crippen molar-refractivity contribution in [2.75, 3.05) is 6.61 Å². The highest BCUT2D eigenvalue weighted by Gasteiger charge is 2.34. The molecule has 0 saturated carbocycles. The first-order valence-corrected chi connectivity index (χ1v) is 8.74. The lowest BCUT2D eigenvalue weighted by atomic mass is 10.2. The van der Waals surface area contributed by atoms with Crippen LogP contribution >= 0.6 is 24.0 Å². The summed E-state index contributed by atoms with van der Waals surface area (Å²) in [5.41, 5.74) is 2.90. The van der Waals surface area contributed by atoms with Crippen LogP contribution in [0.3, 0.4) is 0 Å². The van der Waals surface area contributed by atoms with E-state index in [-0.39, 0.29) is 15.0 Å². The number of carbonyl (C=O) groups is 3. The van der Waals surface area contributed by atoms with Gasteiger partial charge in [-0.05, 0) is 36.5 Å². The van der Waals surface area contributed by atoms with Gasteiger partial charge in [-0.15, -0.1) is 0 Å². The van der Waals surface area contributed by atoms with E-state index in [9.17, 15) is 14.4 Å². The van der Waals surface area contributed by atoms with E-state index in [1.165, 1.54) is 18.4 Å². The number of thioether (sulfide) groups is 1. The zero-order valence-corrected chi connectivity index (χ0v) is 15.2. The number of ether oxygens (including phenoxy) is 1. The van der Waals surface area contributed by atoms with E-state index < -0.39 is 24.4 Å². The van der Waals surface area contributed by atoms with E-state index in [2.05, 4.69) is 5.43 Å². The number of hydrogen-bond donors (Lipinski definition) is 2. The van der Waals surface area contributed by atoms with Crippen LogP contribution in [-0.4, -0.2) is 38.8 Å². The van der Waals surface area contributed by atoms with Crippen molar-refractivity contribution in [2.24, 2.45) is 0 Å². The Morgan fingerprint density at radius 2 is 2.07 bits per heavy atom. The van der Waals surface area contributed by atoms with Crippen LogP contribution in [0.15, 0.2) is 52.0 Å². The molecule has 3 rings (SSSR count). The van der Waals surface area contributed by atoms with Gasteiger partial charge in [0.05, 0.1) is 11.2 Å². The summed E-state index contributed by atoms with van der Waals surface area (Å²) in [5, 5.41) is 9.71. The normalized spacial score (nSPS) is 15.3. The maximum atomic E-state index is 12.6. The van der Waals surface area contributed by atoms with Crippen LogP contribution < -0.4 is 10.2 Å². The van der Waals surface area contributed by atoms with E-state index >= 15 is 0 Å². The molecule has 0 atom stereocenters. The number of amides is 2. The Hall–Kier alpha value is -3.11. The number of carbonyl (C=O) groups excluding carboxylic acids is 2. The Kier molecular flexibility index (Phi) is 5.57. The molecule has 1 aromatic carbocycles. The summed E-state index contributed by atoms with van der Waals surface area (Å²) in [7, 11) is 0. The van der Waals surface area contributed by atoms with E-state index in [1.54, 1.807) is 30.3 Å². The van der Waals surface area contributed by atoms with Crippen molar-refractivity contribution >= 4 is 52.2 Å². The molecular weight excluding hydrogens is 392 g/mol. The number of nitrogens with zero attached hydrogens (tertiary/aromatic N) is 1. The molecular formula is C17H12N2O6S2. The molecule has 10 heteroatoms. The standard InChI is InChI=1S/C17H12N2O6S2/c20-14(21)9-25-11-5-2-1-4-10(11)8-13-16(23)19(17(26)27-13)18-15(22)12-6-3-7-24-12/h1-8H,9H2,(H,18,22)(H,20,21)/b13-8-. The summed E-state index contributed by atoms with van der Waals surface area (Å²) < 4.78 is 10.3. The summed E-state index contributed by atoms with van der Waals surface area (Å²) in [4.78, 5) is 35.6. The predicted molar refractivity (Wildman–Crippen MR) is 101 cm³/mol. The molecule has 0 radical (unpaired) electrons. The molecule has 8 nitrogen and oxygen atoms in total. The van der Waals surface area contributed by atoms with Crippen molar-refractivity contribution < 1.29 is 28.6 Å². The largest absolute Gasteiger partial charge is 0.481 e. The number of carboxylic acids is 1. The van der Waals surface area contributed by atoms with Crippen LogP contribution in [0.5, 0.6) is 5.75 Å². The Morgan fingerprint density at radius 3 is 2.78 bits per heavy atom. The second-order valence-corrected chi connectivity index (χ2v) is 6.83. The van der Waals surface area contributed by atoms with Crippen LogP contribution in [0.25, 0.3) is 6.08 Å². The molecule has 0 aliphatic carbocycles. The predicted octanol–water partition coefficient (Wildman–Crippen LogP) is 2.29. The third kappa shape index (κ3) is 4.36. The summed E-state index contributed by atoms with van der Waals surface area (Å²) in [5.74, 6) is -1.89. The molecule has 2 aromatic rings. The lowest BCUT2D eigenvalue weighted by Gasteiger charge is -2.14. The van der Waals surface area contributed by atoms with E-state index in [0.29, 0.717) is 11.3 Å². The van der Waals surface area contributed by atoms with E-state index in [0.717, 1.165) is 16.8 Å². The number of nitrogens with one attached hydrogen (secondary N) is 1. The molecule has 2 heterocycles. The molecule has 1 aliphatic rings. The van der Waals surface area contributed by atoms with Gasteiger partial charge in [-0.1, -0.05) is 30.0 Å².